The number of nitrogens with zero attached hydrogens (tertiary/aromatic N) is 3. The van der Waals surface area contributed by atoms with E-state index in [2.05, 4.69) is 21.4 Å². The van der Waals surface area contributed by atoms with Crippen molar-refractivity contribution in [3.05, 3.63) is 76.6 Å². The first-order chi connectivity index (χ1) is 14.5. The van der Waals surface area contributed by atoms with Crippen LogP contribution in [-0.2, 0) is 13.0 Å². The van der Waals surface area contributed by atoms with Gasteiger partial charge in [-0.2, -0.15) is 0 Å². The lowest BCUT2D eigenvalue weighted by Gasteiger charge is -2.33. The predicted octanol–water partition coefficient (Wildman–Crippen LogP) is 4.85. The zero-order chi connectivity index (χ0) is 20.8. The van der Waals surface area contributed by atoms with Gasteiger partial charge in [-0.25, -0.2) is 9.18 Å². The Bertz CT molecular complexity index is 1160. The average Bonchev–Trinajstić information content (AvgIpc) is 2.73. The Kier molecular flexibility index (Phi) is 4.38. The second-order valence-corrected chi connectivity index (χ2v) is 7.76. The molecule has 4 heterocycles. The number of anilines is 2. The molecule has 0 radical (unpaired) electrons. The fourth-order valence-electron chi connectivity index (χ4n) is 4.18. The number of benzene rings is 1. The van der Waals surface area contributed by atoms with Gasteiger partial charge >= 0.3 is 6.03 Å². The van der Waals surface area contributed by atoms with Crippen molar-refractivity contribution in [1.82, 2.24) is 9.97 Å². The summed E-state index contributed by atoms with van der Waals surface area (Å²) in [4.78, 5) is 22.8. The standard InChI is InChI=1S/C23H21FN4O2/c1-13-8-15-5-6-20(22-17(24)4-3-7-26-22)30-21(15)9-19(13)28-12-16-14(2)10-25-11-18(16)27-23(28)29/h3-4,7-11,20H,5-6,12H2,1-2H3,(H,27,29). The van der Waals surface area contributed by atoms with Crippen LogP contribution in [0.25, 0.3) is 0 Å². The summed E-state index contributed by atoms with van der Waals surface area (Å²) in [6.07, 6.45) is 6.01. The van der Waals surface area contributed by atoms with Gasteiger partial charge in [-0.1, -0.05) is 6.07 Å². The Morgan fingerprint density at radius 3 is 2.93 bits per heavy atom. The van der Waals surface area contributed by atoms with Crippen molar-refractivity contribution in [1.29, 1.82) is 0 Å². The number of aryl methyl sites for hydroxylation is 3. The lowest BCUT2D eigenvalue weighted by molar-refractivity contribution is 0.167. The van der Waals surface area contributed by atoms with Gasteiger partial charge in [-0.3, -0.25) is 14.9 Å². The van der Waals surface area contributed by atoms with E-state index in [-0.39, 0.29) is 11.8 Å². The zero-order valence-electron chi connectivity index (χ0n) is 16.8. The van der Waals surface area contributed by atoms with Crippen molar-refractivity contribution >= 4 is 17.4 Å². The predicted molar refractivity (Wildman–Crippen MR) is 111 cm³/mol. The van der Waals surface area contributed by atoms with Gasteiger partial charge in [-0.05, 0) is 55.5 Å². The number of urea groups is 1. The van der Waals surface area contributed by atoms with Crippen LogP contribution in [0.2, 0.25) is 0 Å². The Balaban J connectivity index is 1.50. The van der Waals surface area contributed by atoms with Crippen molar-refractivity contribution < 1.29 is 13.9 Å². The summed E-state index contributed by atoms with van der Waals surface area (Å²) in [5.74, 6) is 0.302. The summed E-state index contributed by atoms with van der Waals surface area (Å²) in [6.45, 7) is 4.42. The van der Waals surface area contributed by atoms with Crippen LogP contribution in [0.15, 0.2) is 42.9 Å². The van der Waals surface area contributed by atoms with E-state index in [1.54, 1.807) is 29.6 Å². The van der Waals surface area contributed by atoms with E-state index >= 15 is 0 Å². The lowest BCUT2D eigenvalue weighted by Crippen LogP contribution is -2.39. The smallest absolute Gasteiger partial charge is 0.326 e. The van der Waals surface area contributed by atoms with Gasteiger partial charge in [0, 0.05) is 24.0 Å². The number of halogens is 1. The van der Waals surface area contributed by atoms with E-state index in [1.165, 1.54) is 6.07 Å². The fraction of sp³-hybridized carbons (Fsp3) is 0.261. The maximum atomic E-state index is 14.2. The summed E-state index contributed by atoms with van der Waals surface area (Å²) >= 11 is 0. The van der Waals surface area contributed by atoms with Crippen LogP contribution in [0, 0.1) is 19.7 Å². The van der Waals surface area contributed by atoms with Crippen LogP contribution < -0.4 is 15.0 Å². The normalized spacial score (nSPS) is 17.6. The largest absolute Gasteiger partial charge is 0.484 e. The number of nitrogens with one attached hydrogen (secondary N) is 1. The highest BCUT2D eigenvalue weighted by Gasteiger charge is 2.30. The quantitative estimate of drug-likeness (QED) is 0.663. The third-order valence-corrected chi connectivity index (χ3v) is 5.78. The first kappa shape index (κ1) is 18.5. The highest BCUT2D eigenvalue weighted by molar-refractivity contribution is 6.04. The second-order valence-electron chi connectivity index (χ2n) is 7.76. The monoisotopic (exact) mass is 404 g/mol. The molecule has 0 bridgehead atoms. The van der Waals surface area contributed by atoms with Crippen molar-refractivity contribution in [2.45, 2.75) is 39.3 Å². The zero-order valence-corrected chi connectivity index (χ0v) is 16.8. The molecule has 0 saturated heterocycles. The molecule has 2 aromatic heterocycles. The molecule has 2 aliphatic heterocycles. The fourth-order valence-corrected chi connectivity index (χ4v) is 4.18. The van der Waals surface area contributed by atoms with Gasteiger partial charge < -0.3 is 10.1 Å². The summed E-state index contributed by atoms with van der Waals surface area (Å²) in [7, 11) is 0. The molecule has 3 aromatic rings. The molecule has 6 nitrogen and oxygen atoms in total. The molecule has 1 aromatic carbocycles. The number of hydrogen-bond acceptors (Lipinski definition) is 4. The molecule has 1 atom stereocenters. The number of ether oxygens (including phenoxy) is 1. The first-order valence-electron chi connectivity index (χ1n) is 9.94. The Labute approximate surface area is 173 Å². The van der Waals surface area contributed by atoms with E-state index in [4.69, 9.17) is 4.74 Å². The van der Waals surface area contributed by atoms with E-state index in [9.17, 15) is 9.18 Å². The number of fused-ring (bicyclic) bond motifs is 2. The molecule has 0 aliphatic carbocycles. The van der Waals surface area contributed by atoms with Gasteiger partial charge in [-0.15, -0.1) is 0 Å². The molecular weight excluding hydrogens is 383 g/mol. The highest BCUT2D eigenvalue weighted by atomic mass is 19.1. The van der Waals surface area contributed by atoms with Crippen LogP contribution in [-0.4, -0.2) is 16.0 Å². The lowest BCUT2D eigenvalue weighted by atomic mass is 9.97. The SMILES string of the molecule is Cc1cc2c(cc1N1Cc3c(C)cncc3NC1=O)OC(c1ncccc1F)CC2. The van der Waals surface area contributed by atoms with E-state index in [0.717, 1.165) is 40.0 Å². The minimum absolute atomic E-state index is 0.207. The Morgan fingerprint density at radius 2 is 2.10 bits per heavy atom. The molecule has 1 N–H and O–H groups in total. The van der Waals surface area contributed by atoms with Crippen molar-refractivity contribution in [2.24, 2.45) is 0 Å². The average molecular weight is 404 g/mol. The molecule has 2 aliphatic rings. The number of pyridine rings is 2. The van der Waals surface area contributed by atoms with Crippen LogP contribution >= 0.6 is 0 Å². The second kappa shape index (κ2) is 7.09. The molecular formula is C23H21FN4O2. The Morgan fingerprint density at radius 1 is 1.23 bits per heavy atom. The Hall–Kier alpha value is -3.48. The molecule has 7 heteroatoms. The number of carbonyl (C=O) groups is 1. The van der Waals surface area contributed by atoms with Crippen LogP contribution in [0.1, 0.15) is 40.5 Å². The maximum Gasteiger partial charge on any atom is 0.326 e. The topological polar surface area (TPSA) is 67.4 Å². The van der Waals surface area contributed by atoms with Gasteiger partial charge in [0.25, 0.3) is 0 Å². The van der Waals surface area contributed by atoms with Gasteiger partial charge in [0.15, 0.2) is 0 Å². The highest BCUT2D eigenvalue weighted by Crippen LogP contribution is 2.40. The number of carbonyl (C=O) groups excluding carboxylic acids is 1. The maximum absolute atomic E-state index is 14.2. The molecule has 0 saturated carbocycles. The molecule has 2 amide bonds. The van der Waals surface area contributed by atoms with Gasteiger partial charge in [0.2, 0.25) is 0 Å². The summed E-state index contributed by atoms with van der Waals surface area (Å²) < 4.78 is 20.3. The molecule has 152 valence electrons. The summed E-state index contributed by atoms with van der Waals surface area (Å²) in [5.41, 5.74) is 5.94. The van der Waals surface area contributed by atoms with Crippen LogP contribution in [0.3, 0.4) is 0 Å². The van der Waals surface area contributed by atoms with Gasteiger partial charge in [0.1, 0.15) is 23.4 Å². The third-order valence-electron chi connectivity index (χ3n) is 5.78. The summed E-state index contributed by atoms with van der Waals surface area (Å²) in [5, 5.41) is 2.92. The van der Waals surface area contributed by atoms with E-state index in [1.807, 2.05) is 19.9 Å². The summed E-state index contributed by atoms with van der Waals surface area (Å²) in [6, 6.07) is 6.70. The number of aromatic nitrogens is 2. The molecule has 5 rings (SSSR count). The number of amides is 2. The molecule has 0 spiro atoms. The first-order valence-corrected chi connectivity index (χ1v) is 9.94. The number of hydrogen-bond donors (Lipinski definition) is 1. The minimum Gasteiger partial charge on any atom is -0.484 e. The van der Waals surface area contributed by atoms with Crippen molar-refractivity contribution in [3.63, 3.8) is 0 Å². The minimum atomic E-state index is -0.446. The molecule has 30 heavy (non-hydrogen) atoms. The number of rotatable bonds is 2. The third kappa shape index (κ3) is 3.07. The van der Waals surface area contributed by atoms with Gasteiger partial charge in [0.05, 0.1) is 24.1 Å². The molecule has 0 fully saturated rings. The van der Waals surface area contributed by atoms with Crippen LogP contribution in [0.5, 0.6) is 5.75 Å². The van der Waals surface area contributed by atoms with Crippen molar-refractivity contribution in [2.75, 3.05) is 10.2 Å². The molecule has 1 unspecified atom stereocenters. The van der Waals surface area contributed by atoms with E-state index in [0.29, 0.717) is 24.4 Å². The van der Waals surface area contributed by atoms with E-state index < -0.39 is 6.10 Å². The van der Waals surface area contributed by atoms with Crippen molar-refractivity contribution in [3.8, 4) is 5.75 Å². The van der Waals surface area contributed by atoms with Crippen LogP contribution in [0.4, 0.5) is 20.6 Å².